The van der Waals surface area contributed by atoms with Crippen molar-refractivity contribution in [3.63, 3.8) is 0 Å². The quantitative estimate of drug-likeness (QED) is 0.611. The average molecular weight is 242 g/mol. The zero-order valence-electron chi connectivity index (χ0n) is 9.23. The van der Waals surface area contributed by atoms with Crippen LogP contribution in [0.4, 0.5) is 0 Å². The van der Waals surface area contributed by atoms with Gasteiger partial charge in [-0.15, -0.1) is 11.8 Å². The van der Waals surface area contributed by atoms with Gasteiger partial charge in [-0.3, -0.25) is 0 Å². The van der Waals surface area contributed by atoms with E-state index in [4.69, 9.17) is 14.6 Å². The van der Waals surface area contributed by atoms with Crippen LogP contribution in [0.5, 0.6) is 5.75 Å². The summed E-state index contributed by atoms with van der Waals surface area (Å²) in [6.45, 7) is 0.638. The van der Waals surface area contributed by atoms with Crippen molar-refractivity contribution in [2.45, 2.75) is 4.90 Å². The van der Waals surface area contributed by atoms with Crippen molar-refractivity contribution < 1.29 is 19.4 Å². The maximum atomic E-state index is 10.9. The van der Waals surface area contributed by atoms with Gasteiger partial charge in [0.1, 0.15) is 11.3 Å². The van der Waals surface area contributed by atoms with Gasteiger partial charge in [0.2, 0.25) is 0 Å². The predicted molar refractivity (Wildman–Crippen MR) is 62.6 cm³/mol. The second-order valence-electron chi connectivity index (χ2n) is 3.01. The van der Waals surface area contributed by atoms with E-state index in [0.717, 1.165) is 10.6 Å². The lowest BCUT2D eigenvalue weighted by Gasteiger charge is -2.07. The molecular weight excluding hydrogens is 228 g/mol. The summed E-state index contributed by atoms with van der Waals surface area (Å²) in [5.74, 6) is 0.191. The van der Waals surface area contributed by atoms with Gasteiger partial charge in [0.15, 0.2) is 0 Å². The van der Waals surface area contributed by atoms with Crippen LogP contribution in [-0.4, -0.2) is 37.7 Å². The van der Waals surface area contributed by atoms with E-state index in [1.165, 1.54) is 7.11 Å². The molecule has 0 aliphatic rings. The van der Waals surface area contributed by atoms with Crippen molar-refractivity contribution in [3.05, 3.63) is 23.8 Å². The fourth-order valence-electron chi connectivity index (χ4n) is 1.19. The molecule has 0 unspecified atom stereocenters. The average Bonchev–Trinajstić information content (AvgIpc) is 2.29. The van der Waals surface area contributed by atoms with Crippen molar-refractivity contribution in [2.24, 2.45) is 0 Å². The van der Waals surface area contributed by atoms with E-state index in [0.29, 0.717) is 12.4 Å². The number of aromatic carboxylic acids is 1. The first-order valence-corrected chi connectivity index (χ1v) is 5.70. The molecule has 1 N–H and O–H groups in total. The van der Waals surface area contributed by atoms with Gasteiger partial charge in [-0.1, -0.05) is 0 Å². The number of carboxylic acids is 1. The number of carboxylic acid groups (broad SMARTS) is 1. The molecule has 0 atom stereocenters. The standard InChI is InChI=1S/C11H14O4S/c1-14-5-6-16-8-3-4-10(15-2)9(7-8)11(12)13/h3-4,7H,5-6H2,1-2H3,(H,12,13). The molecule has 4 nitrogen and oxygen atoms in total. The lowest BCUT2D eigenvalue weighted by Crippen LogP contribution is -2.00. The van der Waals surface area contributed by atoms with E-state index in [1.807, 2.05) is 6.07 Å². The molecule has 0 heterocycles. The van der Waals surface area contributed by atoms with Crippen LogP contribution < -0.4 is 4.74 Å². The SMILES string of the molecule is COCCSc1ccc(OC)c(C(=O)O)c1. The zero-order chi connectivity index (χ0) is 12.0. The summed E-state index contributed by atoms with van der Waals surface area (Å²) in [4.78, 5) is 11.8. The maximum absolute atomic E-state index is 10.9. The predicted octanol–water partition coefficient (Wildman–Crippen LogP) is 2.13. The Labute approximate surface area is 98.6 Å². The second kappa shape index (κ2) is 6.40. The molecule has 0 aromatic heterocycles. The summed E-state index contributed by atoms with van der Waals surface area (Å²) in [6, 6.07) is 5.12. The molecule has 0 saturated heterocycles. The largest absolute Gasteiger partial charge is 0.496 e. The van der Waals surface area contributed by atoms with Crippen molar-refractivity contribution >= 4 is 17.7 Å². The molecule has 1 rings (SSSR count). The lowest BCUT2D eigenvalue weighted by molar-refractivity contribution is 0.0693. The van der Waals surface area contributed by atoms with E-state index in [-0.39, 0.29) is 5.56 Å². The van der Waals surface area contributed by atoms with Crippen molar-refractivity contribution in [2.75, 3.05) is 26.6 Å². The highest BCUT2D eigenvalue weighted by molar-refractivity contribution is 7.99. The number of rotatable bonds is 6. The highest BCUT2D eigenvalue weighted by Crippen LogP contribution is 2.25. The van der Waals surface area contributed by atoms with Crippen LogP contribution in [0.15, 0.2) is 23.1 Å². The van der Waals surface area contributed by atoms with Gasteiger partial charge in [-0.05, 0) is 18.2 Å². The van der Waals surface area contributed by atoms with Crippen LogP contribution in [0.25, 0.3) is 0 Å². The summed E-state index contributed by atoms with van der Waals surface area (Å²) in [5, 5.41) is 8.98. The topological polar surface area (TPSA) is 55.8 Å². The first kappa shape index (κ1) is 12.9. The Morgan fingerprint density at radius 2 is 2.19 bits per heavy atom. The number of hydrogen-bond acceptors (Lipinski definition) is 4. The molecule has 0 saturated carbocycles. The Hall–Kier alpha value is -1.20. The third-order valence-corrected chi connectivity index (χ3v) is 2.92. The van der Waals surface area contributed by atoms with E-state index < -0.39 is 5.97 Å². The van der Waals surface area contributed by atoms with Gasteiger partial charge in [-0.2, -0.15) is 0 Å². The Kier molecular flexibility index (Phi) is 5.14. The Balaban J connectivity index is 2.81. The first-order valence-electron chi connectivity index (χ1n) is 4.72. The Bertz CT molecular complexity index is 365. The molecular formula is C11H14O4S. The van der Waals surface area contributed by atoms with Crippen LogP contribution >= 0.6 is 11.8 Å². The number of ether oxygens (including phenoxy) is 2. The van der Waals surface area contributed by atoms with E-state index >= 15 is 0 Å². The molecule has 0 radical (unpaired) electrons. The number of thioether (sulfide) groups is 1. The van der Waals surface area contributed by atoms with Gasteiger partial charge in [0, 0.05) is 17.8 Å². The summed E-state index contributed by atoms with van der Waals surface area (Å²) < 4.78 is 9.90. The lowest BCUT2D eigenvalue weighted by atomic mass is 10.2. The highest BCUT2D eigenvalue weighted by atomic mass is 32.2. The number of benzene rings is 1. The first-order chi connectivity index (χ1) is 7.69. The monoisotopic (exact) mass is 242 g/mol. The molecule has 0 amide bonds. The molecule has 0 spiro atoms. The van der Waals surface area contributed by atoms with Crippen LogP contribution in [0.1, 0.15) is 10.4 Å². The Morgan fingerprint density at radius 3 is 2.75 bits per heavy atom. The minimum atomic E-state index is -0.981. The molecule has 0 aliphatic carbocycles. The van der Waals surface area contributed by atoms with Crippen LogP contribution in [-0.2, 0) is 4.74 Å². The third-order valence-electron chi connectivity index (χ3n) is 1.96. The summed E-state index contributed by atoms with van der Waals surface area (Å²) >= 11 is 1.55. The van der Waals surface area contributed by atoms with Crippen LogP contribution in [0.3, 0.4) is 0 Å². The summed E-state index contributed by atoms with van der Waals surface area (Å²) in [6.07, 6.45) is 0. The molecule has 0 bridgehead atoms. The smallest absolute Gasteiger partial charge is 0.339 e. The summed E-state index contributed by atoms with van der Waals surface area (Å²) in [5.41, 5.74) is 0.185. The van der Waals surface area contributed by atoms with E-state index in [2.05, 4.69) is 0 Å². The van der Waals surface area contributed by atoms with Gasteiger partial charge in [-0.25, -0.2) is 4.79 Å². The van der Waals surface area contributed by atoms with Gasteiger partial charge in [0.05, 0.1) is 13.7 Å². The van der Waals surface area contributed by atoms with Crippen LogP contribution in [0, 0.1) is 0 Å². The normalized spacial score (nSPS) is 10.1. The molecule has 88 valence electrons. The second-order valence-corrected chi connectivity index (χ2v) is 4.18. The fourth-order valence-corrected chi connectivity index (χ4v) is 2.04. The number of methoxy groups -OCH3 is 2. The third kappa shape index (κ3) is 3.43. The molecule has 5 heteroatoms. The van der Waals surface area contributed by atoms with Crippen molar-refractivity contribution in [1.29, 1.82) is 0 Å². The number of hydrogen-bond donors (Lipinski definition) is 1. The maximum Gasteiger partial charge on any atom is 0.339 e. The molecule has 0 fully saturated rings. The number of carbonyl (C=O) groups is 1. The highest BCUT2D eigenvalue weighted by Gasteiger charge is 2.11. The van der Waals surface area contributed by atoms with Crippen molar-refractivity contribution in [1.82, 2.24) is 0 Å². The van der Waals surface area contributed by atoms with Crippen LogP contribution in [0.2, 0.25) is 0 Å². The minimum absolute atomic E-state index is 0.185. The van der Waals surface area contributed by atoms with E-state index in [9.17, 15) is 4.79 Å². The molecule has 0 aliphatic heterocycles. The minimum Gasteiger partial charge on any atom is -0.496 e. The van der Waals surface area contributed by atoms with Gasteiger partial charge in [0.25, 0.3) is 0 Å². The Morgan fingerprint density at radius 1 is 1.44 bits per heavy atom. The zero-order valence-corrected chi connectivity index (χ0v) is 10.0. The molecule has 1 aromatic rings. The molecule has 16 heavy (non-hydrogen) atoms. The van der Waals surface area contributed by atoms with Gasteiger partial charge >= 0.3 is 5.97 Å². The molecule has 1 aromatic carbocycles. The van der Waals surface area contributed by atoms with Gasteiger partial charge < -0.3 is 14.6 Å². The van der Waals surface area contributed by atoms with E-state index in [1.54, 1.807) is 31.0 Å². The summed E-state index contributed by atoms with van der Waals surface area (Å²) in [7, 11) is 3.09. The fraction of sp³-hybridized carbons (Fsp3) is 0.364. The van der Waals surface area contributed by atoms with Crippen molar-refractivity contribution in [3.8, 4) is 5.75 Å².